The van der Waals surface area contributed by atoms with Crippen LogP contribution in [0.25, 0.3) is 0 Å². The van der Waals surface area contributed by atoms with Crippen molar-refractivity contribution in [2.45, 2.75) is 25.3 Å². The Kier molecular flexibility index (Phi) is 5.55. The topological polar surface area (TPSA) is 83.1 Å². The van der Waals surface area contributed by atoms with Gasteiger partial charge in [0.15, 0.2) is 18.1 Å². The second kappa shape index (κ2) is 8.43. The van der Waals surface area contributed by atoms with Gasteiger partial charge in [0.2, 0.25) is 5.75 Å². The van der Waals surface area contributed by atoms with Crippen molar-refractivity contribution in [3.05, 3.63) is 53.1 Å². The fourth-order valence-corrected chi connectivity index (χ4v) is 3.75. The fourth-order valence-electron chi connectivity index (χ4n) is 3.75. The molecule has 2 aliphatic rings. The molecule has 2 aromatic rings. The Morgan fingerprint density at radius 3 is 2.86 bits per heavy atom. The van der Waals surface area contributed by atoms with Crippen molar-refractivity contribution in [3.8, 4) is 17.2 Å². The third-order valence-electron chi connectivity index (χ3n) is 5.10. The SMILES string of the molecule is COc1cc(C(=O)OCC(=O)N[C@H]2CCCc3ccccc32)cc2c1OCCO2. The van der Waals surface area contributed by atoms with Gasteiger partial charge in [0, 0.05) is 0 Å². The molecule has 0 saturated heterocycles. The predicted octanol–water partition coefficient (Wildman–Crippen LogP) is 2.82. The molecule has 1 amide bonds. The third-order valence-corrected chi connectivity index (χ3v) is 5.10. The predicted molar refractivity (Wildman–Crippen MR) is 105 cm³/mol. The molecule has 1 aliphatic carbocycles. The molecule has 4 rings (SSSR count). The summed E-state index contributed by atoms with van der Waals surface area (Å²) in [5, 5.41) is 2.97. The van der Waals surface area contributed by atoms with Crippen molar-refractivity contribution in [2.75, 3.05) is 26.9 Å². The van der Waals surface area contributed by atoms with E-state index in [1.165, 1.54) is 24.8 Å². The van der Waals surface area contributed by atoms with Crippen LogP contribution in [0.3, 0.4) is 0 Å². The van der Waals surface area contributed by atoms with E-state index in [1.54, 1.807) is 0 Å². The number of methoxy groups -OCH3 is 1. The number of rotatable bonds is 5. The Labute approximate surface area is 168 Å². The van der Waals surface area contributed by atoms with Gasteiger partial charge in [-0.25, -0.2) is 4.79 Å². The van der Waals surface area contributed by atoms with Gasteiger partial charge in [-0.2, -0.15) is 0 Å². The first-order chi connectivity index (χ1) is 14.2. The molecule has 1 heterocycles. The number of hydrogen-bond acceptors (Lipinski definition) is 6. The normalized spacial score (nSPS) is 17.1. The first kappa shape index (κ1) is 19.1. The number of benzene rings is 2. The maximum atomic E-state index is 12.4. The molecule has 7 heteroatoms. The van der Waals surface area contributed by atoms with E-state index in [9.17, 15) is 9.59 Å². The molecule has 0 spiro atoms. The monoisotopic (exact) mass is 397 g/mol. The van der Waals surface area contributed by atoms with E-state index in [4.69, 9.17) is 18.9 Å². The zero-order valence-electron chi connectivity index (χ0n) is 16.2. The minimum atomic E-state index is -0.625. The van der Waals surface area contributed by atoms with Crippen molar-refractivity contribution in [2.24, 2.45) is 0 Å². The van der Waals surface area contributed by atoms with Gasteiger partial charge in [-0.3, -0.25) is 4.79 Å². The molecular weight excluding hydrogens is 374 g/mol. The first-order valence-corrected chi connectivity index (χ1v) is 9.67. The number of aryl methyl sites for hydroxylation is 1. The Morgan fingerprint density at radius 1 is 1.17 bits per heavy atom. The van der Waals surface area contributed by atoms with Crippen molar-refractivity contribution < 1.29 is 28.5 Å². The molecule has 29 heavy (non-hydrogen) atoms. The van der Waals surface area contributed by atoms with Gasteiger partial charge in [-0.05, 0) is 42.5 Å². The lowest BCUT2D eigenvalue weighted by molar-refractivity contribution is -0.125. The lowest BCUT2D eigenvalue weighted by atomic mass is 9.88. The first-order valence-electron chi connectivity index (χ1n) is 9.67. The summed E-state index contributed by atoms with van der Waals surface area (Å²) in [5.74, 6) is 0.316. The van der Waals surface area contributed by atoms with Gasteiger partial charge in [0.1, 0.15) is 13.2 Å². The van der Waals surface area contributed by atoms with E-state index in [0.29, 0.717) is 30.5 Å². The van der Waals surface area contributed by atoms with Crippen LogP contribution < -0.4 is 19.5 Å². The number of amides is 1. The van der Waals surface area contributed by atoms with Crippen molar-refractivity contribution in [3.63, 3.8) is 0 Å². The summed E-state index contributed by atoms with van der Waals surface area (Å²) in [4.78, 5) is 24.8. The van der Waals surface area contributed by atoms with Gasteiger partial charge >= 0.3 is 5.97 Å². The van der Waals surface area contributed by atoms with Gasteiger partial charge in [-0.15, -0.1) is 0 Å². The Morgan fingerprint density at radius 2 is 2.00 bits per heavy atom. The van der Waals surface area contributed by atoms with E-state index in [1.807, 2.05) is 18.2 Å². The van der Waals surface area contributed by atoms with E-state index < -0.39 is 5.97 Å². The zero-order chi connectivity index (χ0) is 20.2. The van der Waals surface area contributed by atoms with E-state index in [-0.39, 0.29) is 24.1 Å². The van der Waals surface area contributed by atoms with Gasteiger partial charge in [0.25, 0.3) is 5.91 Å². The van der Waals surface area contributed by atoms with Gasteiger partial charge in [-0.1, -0.05) is 24.3 Å². The number of nitrogens with one attached hydrogen (secondary N) is 1. The van der Waals surface area contributed by atoms with Crippen LogP contribution in [-0.4, -0.2) is 38.8 Å². The van der Waals surface area contributed by atoms with Crippen LogP contribution in [0.15, 0.2) is 36.4 Å². The van der Waals surface area contributed by atoms with E-state index in [2.05, 4.69) is 11.4 Å². The molecule has 0 unspecified atom stereocenters. The maximum absolute atomic E-state index is 12.4. The summed E-state index contributed by atoms with van der Waals surface area (Å²) in [5.41, 5.74) is 2.63. The van der Waals surface area contributed by atoms with Gasteiger partial charge < -0.3 is 24.3 Å². The molecule has 152 valence electrons. The average molecular weight is 397 g/mol. The molecule has 0 aromatic heterocycles. The summed E-state index contributed by atoms with van der Waals surface area (Å²) < 4.78 is 21.5. The zero-order valence-corrected chi connectivity index (χ0v) is 16.2. The molecule has 0 bridgehead atoms. The minimum Gasteiger partial charge on any atom is -0.493 e. The quantitative estimate of drug-likeness (QED) is 0.782. The minimum absolute atomic E-state index is 0.0551. The highest BCUT2D eigenvalue weighted by molar-refractivity contribution is 5.93. The second-order valence-electron chi connectivity index (χ2n) is 6.99. The van der Waals surface area contributed by atoms with Crippen LogP contribution in [0.4, 0.5) is 0 Å². The molecule has 1 N–H and O–H groups in total. The number of hydrogen-bond donors (Lipinski definition) is 1. The fraction of sp³-hybridized carbons (Fsp3) is 0.364. The number of fused-ring (bicyclic) bond motifs is 2. The highest BCUT2D eigenvalue weighted by Crippen LogP contribution is 2.40. The molecule has 0 saturated carbocycles. The smallest absolute Gasteiger partial charge is 0.338 e. The number of carbonyl (C=O) groups is 2. The summed E-state index contributed by atoms with van der Waals surface area (Å²) >= 11 is 0. The Balaban J connectivity index is 1.38. The van der Waals surface area contributed by atoms with Crippen molar-refractivity contribution in [1.29, 1.82) is 0 Å². The molecule has 7 nitrogen and oxygen atoms in total. The summed E-state index contributed by atoms with van der Waals surface area (Å²) in [6.45, 7) is 0.450. The standard InChI is InChI=1S/C22H23NO6/c1-26-18-11-15(12-19-21(18)28-10-9-27-19)22(25)29-13-20(24)23-17-8-4-6-14-5-2-3-7-16(14)17/h2-3,5,7,11-12,17H,4,6,8-10,13H2,1H3,(H,23,24)/t17-/m0/s1. The molecular formula is C22H23NO6. The highest BCUT2D eigenvalue weighted by Gasteiger charge is 2.24. The van der Waals surface area contributed by atoms with Crippen LogP contribution >= 0.6 is 0 Å². The highest BCUT2D eigenvalue weighted by atomic mass is 16.6. The second-order valence-corrected chi connectivity index (χ2v) is 6.99. The van der Waals surface area contributed by atoms with Crippen molar-refractivity contribution in [1.82, 2.24) is 5.32 Å². The summed E-state index contributed by atoms with van der Waals surface area (Å²) in [6, 6.07) is 11.1. The lowest BCUT2D eigenvalue weighted by Crippen LogP contribution is -2.34. The van der Waals surface area contributed by atoms with Crippen LogP contribution in [-0.2, 0) is 16.0 Å². The molecule has 0 radical (unpaired) electrons. The van der Waals surface area contributed by atoms with Crippen LogP contribution in [0.2, 0.25) is 0 Å². The summed E-state index contributed by atoms with van der Waals surface area (Å²) in [6.07, 6.45) is 2.90. The van der Waals surface area contributed by atoms with E-state index in [0.717, 1.165) is 24.8 Å². The number of ether oxygens (including phenoxy) is 4. The summed E-state index contributed by atoms with van der Waals surface area (Å²) in [7, 11) is 1.48. The number of carbonyl (C=O) groups excluding carboxylic acids is 2. The Hall–Kier alpha value is -3.22. The van der Waals surface area contributed by atoms with Crippen LogP contribution in [0, 0.1) is 0 Å². The largest absolute Gasteiger partial charge is 0.493 e. The maximum Gasteiger partial charge on any atom is 0.338 e. The lowest BCUT2D eigenvalue weighted by Gasteiger charge is -2.26. The molecule has 2 aromatic carbocycles. The average Bonchev–Trinajstić information content (AvgIpc) is 2.77. The molecule has 0 fully saturated rings. The third kappa shape index (κ3) is 4.13. The number of esters is 1. The van der Waals surface area contributed by atoms with E-state index >= 15 is 0 Å². The molecule has 1 aliphatic heterocycles. The van der Waals surface area contributed by atoms with Gasteiger partial charge in [0.05, 0.1) is 18.7 Å². The van der Waals surface area contributed by atoms with Crippen LogP contribution in [0.1, 0.15) is 40.4 Å². The van der Waals surface area contributed by atoms with Crippen molar-refractivity contribution >= 4 is 11.9 Å². The molecule has 1 atom stereocenters. The van der Waals surface area contributed by atoms with Crippen LogP contribution in [0.5, 0.6) is 17.2 Å². The Bertz CT molecular complexity index is 908.